The molecule has 0 aromatic carbocycles. The molecule has 0 bridgehead atoms. The van der Waals surface area contributed by atoms with E-state index in [9.17, 15) is 0 Å². The Kier molecular flexibility index (Phi) is 5.07. The van der Waals surface area contributed by atoms with E-state index in [4.69, 9.17) is 4.42 Å². The smallest absolute Gasteiger partial charge is 0.104 e. The number of rotatable bonds is 6. The van der Waals surface area contributed by atoms with Gasteiger partial charge in [0.2, 0.25) is 0 Å². The maximum absolute atomic E-state index is 5.44. The van der Waals surface area contributed by atoms with Gasteiger partial charge in [-0.05, 0) is 43.0 Å². The first kappa shape index (κ1) is 13.3. The molecule has 2 heteroatoms. The first-order chi connectivity index (χ1) is 7.54. The Balaban J connectivity index is 2.51. The minimum absolute atomic E-state index is 0.313. The van der Waals surface area contributed by atoms with Crippen LogP contribution in [0, 0.1) is 11.3 Å². The molecular formula is C14H25NO. The van der Waals surface area contributed by atoms with Crippen LogP contribution in [0.2, 0.25) is 0 Å². The summed E-state index contributed by atoms with van der Waals surface area (Å²) in [7, 11) is 0. The molecule has 0 saturated carbocycles. The van der Waals surface area contributed by atoms with Gasteiger partial charge in [0.05, 0.1) is 6.26 Å². The van der Waals surface area contributed by atoms with Gasteiger partial charge in [0, 0.05) is 6.42 Å². The van der Waals surface area contributed by atoms with Gasteiger partial charge in [0.25, 0.3) is 0 Å². The summed E-state index contributed by atoms with van der Waals surface area (Å²) in [6, 6.07) is 4.03. The molecule has 0 aliphatic heterocycles. The predicted molar refractivity (Wildman–Crippen MR) is 68.5 cm³/mol. The van der Waals surface area contributed by atoms with E-state index in [0.29, 0.717) is 11.3 Å². The molecule has 1 heterocycles. The second-order valence-corrected chi connectivity index (χ2v) is 5.55. The van der Waals surface area contributed by atoms with Gasteiger partial charge in [-0.25, -0.2) is 0 Å². The van der Waals surface area contributed by atoms with Gasteiger partial charge in [-0.2, -0.15) is 0 Å². The van der Waals surface area contributed by atoms with Crippen molar-refractivity contribution in [1.29, 1.82) is 0 Å². The molecule has 92 valence electrons. The fraction of sp³-hybridized carbons (Fsp3) is 0.714. The molecule has 1 atom stereocenters. The monoisotopic (exact) mass is 223 g/mol. The quantitative estimate of drug-likeness (QED) is 0.747. The third kappa shape index (κ3) is 4.40. The molecule has 1 N–H and O–H groups in total. The van der Waals surface area contributed by atoms with Crippen LogP contribution in [-0.2, 0) is 6.42 Å². The van der Waals surface area contributed by atoms with E-state index in [-0.39, 0.29) is 0 Å². The van der Waals surface area contributed by atoms with Gasteiger partial charge >= 0.3 is 0 Å². The molecule has 16 heavy (non-hydrogen) atoms. The van der Waals surface area contributed by atoms with Crippen molar-refractivity contribution in [2.75, 3.05) is 13.1 Å². The van der Waals surface area contributed by atoms with Crippen LogP contribution >= 0.6 is 0 Å². The van der Waals surface area contributed by atoms with E-state index >= 15 is 0 Å². The normalized spacial score (nSPS) is 14.0. The Morgan fingerprint density at radius 1 is 1.38 bits per heavy atom. The Hall–Kier alpha value is -0.760. The van der Waals surface area contributed by atoms with Gasteiger partial charge in [-0.1, -0.05) is 27.7 Å². The van der Waals surface area contributed by atoms with Crippen LogP contribution in [0.15, 0.2) is 22.8 Å². The molecule has 0 amide bonds. The first-order valence-electron chi connectivity index (χ1n) is 6.27. The second kappa shape index (κ2) is 6.09. The summed E-state index contributed by atoms with van der Waals surface area (Å²) in [6.45, 7) is 11.3. The SMILES string of the molecule is CCCNCC(Cc1ccco1)C(C)(C)C. The van der Waals surface area contributed by atoms with Gasteiger partial charge in [0.15, 0.2) is 0 Å². The zero-order chi connectivity index (χ0) is 12.0. The average Bonchev–Trinajstić information content (AvgIpc) is 2.67. The molecule has 0 saturated heterocycles. The molecule has 2 nitrogen and oxygen atoms in total. The van der Waals surface area contributed by atoms with Crippen molar-refractivity contribution >= 4 is 0 Å². The maximum Gasteiger partial charge on any atom is 0.104 e. The summed E-state index contributed by atoms with van der Waals surface area (Å²) in [5.74, 6) is 1.71. The van der Waals surface area contributed by atoms with E-state index in [2.05, 4.69) is 39.1 Å². The van der Waals surface area contributed by atoms with Crippen LogP contribution in [0.1, 0.15) is 39.9 Å². The number of hydrogen-bond donors (Lipinski definition) is 1. The van der Waals surface area contributed by atoms with Crippen LogP contribution in [0.25, 0.3) is 0 Å². The van der Waals surface area contributed by atoms with Crippen LogP contribution in [0.3, 0.4) is 0 Å². The minimum Gasteiger partial charge on any atom is -0.469 e. The molecule has 1 aromatic heterocycles. The molecule has 0 aliphatic carbocycles. The number of hydrogen-bond acceptors (Lipinski definition) is 2. The van der Waals surface area contributed by atoms with Crippen LogP contribution in [0.4, 0.5) is 0 Å². The second-order valence-electron chi connectivity index (χ2n) is 5.55. The highest BCUT2D eigenvalue weighted by Crippen LogP contribution is 2.28. The fourth-order valence-electron chi connectivity index (χ4n) is 1.81. The predicted octanol–water partition coefficient (Wildman–Crippen LogP) is 3.48. The third-order valence-electron chi connectivity index (χ3n) is 3.07. The topological polar surface area (TPSA) is 25.2 Å². The summed E-state index contributed by atoms with van der Waals surface area (Å²) >= 11 is 0. The lowest BCUT2D eigenvalue weighted by Crippen LogP contribution is -2.33. The lowest BCUT2D eigenvalue weighted by Gasteiger charge is -2.30. The minimum atomic E-state index is 0.313. The zero-order valence-corrected chi connectivity index (χ0v) is 11.0. The fourth-order valence-corrected chi connectivity index (χ4v) is 1.81. The molecule has 0 aliphatic rings. The lowest BCUT2D eigenvalue weighted by atomic mass is 9.78. The van der Waals surface area contributed by atoms with Crippen molar-refractivity contribution in [2.24, 2.45) is 11.3 Å². The molecular weight excluding hydrogens is 198 g/mol. The molecule has 0 spiro atoms. The van der Waals surface area contributed by atoms with Gasteiger partial charge in [-0.15, -0.1) is 0 Å². The van der Waals surface area contributed by atoms with E-state index in [0.717, 1.165) is 25.3 Å². The largest absolute Gasteiger partial charge is 0.469 e. The summed E-state index contributed by atoms with van der Waals surface area (Å²) in [6.07, 6.45) is 3.97. The average molecular weight is 223 g/mol. The number of nitrogens with one attached hydrogen (secondary N) is 1. The summed E-state index contributed by atoms with van der Waals surface area (Å²) in [5, 5.41) is 3.51. The highest BCUT2D eigenvalue weighted by atomic mass is 16.3. The van der Waals surface area contributed by atoms with Crippen molar-refractivity contribution < 1.29 is 4.42 Å². The third-order valence-corrected chi connectivity index (χ3v) is 3.07. The standard InChI is InChI=1S/C14H25NO/c1-5-8-15-11-12(14(2,3)4)10-13-7-6-9-16-13/h6-7,9,12,15H,5,8,10-11H2,1-4H3. The van der Waals surface area contributed by atoms with Gasteiger partial charge in [-0.3, -0.25) is 0 Å². The highest BCUT2D eigenvalue weighted by Gasteiger charge is 2.25. The Morgan fingerprint density at radius 2 is 2.12 bits per heavy atom. The summed E-state index contributed by atoms with van der Waals surface area (Å²) < 4.78 is 5.44. The van der Waals surface area contributed by atoms with Crippen molar-refractivity contribution in [2.45, 2.75) is 40.5 Å². The molecule has 1 rings (SSSR count). The molecule has 1 aromatic rings. The van der Waals surface area contributed by atoms with Crippen LogP contribution in [0.5, 0.6) is 0 Å². The van der Waals surface area contributed by atoms with Crippen LogP contribution in [-0.4, -0.2) is 13.1 Å². The van der Waals surface area contributed by atoms with Gasteiger partial charge in [0.1, 0.15) is 5.76 Å². The van der Waals surface area contributed by atoms with Crippen molar-refractivity contribution in [3.8, 4) is 0 Å². The molecule has 1 unspecified atom stereocenters. The van der Waals surface area contributed by atoms with Crippen molar-refractivity contribution in [3.63, 3.8) is 0 Å². The van der Waals surface area contributed by atoms with Gasteiger partial charge < -0.3 is 9.73 Å². The van der Waals surface area contributed by atoms with E-state index in [1.807, 2.05) is 6.07 Å². The summed E-state index contributed by atoms with van der Waals surface area (Å²) in [4.78, 5) is 0. The number of furan rings is 1. The Morgan fingerprint density at radius 3 is 2.62 bits per heavy atom. The Bertz CT molecular complexity index is 271. The molecule has 0 fully saturated rings. The zero-order valence-electron chi connectivity index (χ0n) is 11.0. The van der Waals surface area contributed by atoms with Crippen LogP contribution < -0.4 is 5.32 Å². The van der Waals surface area contributed by atoms with E-state index < -0.39 is 0 Å². The molecule has 0 radical (unpaired) electrons. The summed E-state index contributed by atoms with van der Waals surface area (Å²) in [5.41, 5.74) is 0.313. The highest BCUT2D eigenvalue weighted by molar-refractivity contribution is 5.00. The van der Waals surface area contributed by atoms with Crippen molar-refractivity contribution in [1.82, 2.24) is 5.32 Å². The first-order valence-corrected chi connectivity index (χ1v) is 6.27. The Labute approximate surface area is 99.4 Å². The lowest BCUT2D eigenvalue weighted by molar-refractivity contribution is 0.220. The van der Waals surface area contributed by atoms with E-state index in [1.165, 1.54) is 6.42 Å². The van der Waals surface area contributed by atoms with E-state index in [1.54, 1.807) is 6.26 Å². The maximum atomic E-state index is 5.44. The van der Waals surface area contributed by atoms with Crippen molar-refractivity contribution in [3.05, 3.63) is 24.2 Å².